The highest BCUT2D eigenvalue weighted by molar-refractivity contribution is 7.91. The molecule has 0 aliphatic rings. The number of hydrogen-bond donors (Lipinski definition) is 1. The first-order valence-corrected chi connectivity index (χ1v) is 10.5. The molecule has 0 atom stereocenters. The third-order valence-corrected chi connectivity index (χ3v) is 6.11. The number of aromatic nitrogens is 2. The lowest BCUT2D eigenvalue weighted by Crippen LogP contribution is -2.12. The van der Waals surface area contributed by atoms with E-state index in [1.165, 1.54) is 23.5 Å². The van der Waals surface area contributed by atoms with E-state index in [2.05, 4.69) is 15.5 Å². The van der Waals surface area contributed by atoms with Gasteiger partial charge in [-0.15, -0.1) is 10.2 Å². The molecule has 0 spiro atoms. The topological polar surface area (TPSA) is 102 Å². The van der Waals surface area contributed by atoms with Crippen LogP contribution in [0.4, 0.5) is 5.69 Å². The van der Waals surface area contributed by atoms with Crippen molar-refractivity contribution in [1.82, 2.24) is 10.2 Å². The first-order chi connectivity index (χ1) is 12.5. The molecule has 0 bridgehead atoms. The number of anilines is 1. The van der Waals surface area contributed by atoms with Gasteiger partial charge in [-0.2, -0.15) is 11.3 Å². The van der Waals surface area contributed by atoms with Crippen LogP contribution in [0.15, 0.2) is 50.4 Å². The van der Waals surface area contributed by atoms with E-state index in [9.17, 15) is 13.2 Å². The van der Waals surface area contributed by atoms with Crippen molar-refractivity contribution in [2.24, 2.45) is 0 Å². The second kappa shape index (κ2) is 7.79. The Labute approximate surface area is 155 Å². The molecule has 0 saturated carbocycles. The maximum Gasteiger partial charge on any atom is 0.248 e. The Balaban J connectivity index is 1.54. The fourth-order valence-electron chi connectivity index (χ4n) is 2.21. The lowest BCUT2D eigenvalue weighted by Gasteiger charge is -2.06. The van der Waals surface area contributed by atoms with Crippen LogP contribution in [-0.2, 0) is 21.1 Å². The Bertz CT molecular complexity index is 977. The summed E-state index contributed by atoms with van der Waals surface area (Å²) in [7, 11) is -3.25. The average Bonchev–Trinajstić information content (AvgIpc) is 3.32. The largest absolute Gasteiger partial charge is 0.421 e. The van der Waals surface area contributed by atoms with Gasteiger partial charge in [-0.3, -0.25) is 4.79 Å². The zero-order valence-corrected chi connectivity index (χ0v) is 15.6. The summed E-state index contributed by atoms with van der Waals surface area (Å²) in [5.74, 6) is 0.655. The summed E-state index contributed by atoms with van der Waals surface area (Å²) in [6.45, 7) is 1.59. The second-order valence-corrected chi connectivity index (χ2v) is 8.55. The van der Waals surface area contributed by atoms with Gasteiger partial charge in [-0.1, -0.05) is 6.92 Å². The number of nitrogens with zero attached hydrogens (tertiary/aromatic N) is 2. The van der Waals surface area contributed by atoms with Crippen LogP contribution in [0, 0.1) is 0 Å². The summed E-state index contributed by atoms with van der Waals surface area (Å²) in [6, 6.07) is 8.00. The van der Waals surface area contributed by atoms with E-state index in [4.69, 9.17) is 4.42 Å². The van der Waals surface area contributed by atoms with Crippen molar-refractivity contribution in [3.63, 3.8) is 0 Å². The van der Waals surface area contributed by atoms with Gasteiger partial charge in [0.1, 0.15) is 0 Å². The summed E-state index contributed by atoms with van der Waals surface area (Å²) in [5.41, 5.74) is 1.40. The smallest absolute Gasteiger partial charge is 0.248 e. The molecule has 1 aromatic carbocycles. The average molecular weight is 391 g/mol. The minimum atomic E-state index is -3.25. The summed E-state index contributed by atoms with van der Waals surface area (Å²) in [5, 5.41) is 14.5. The van der Waals surface area contributed by atoms with Crippen LogP contribution in [0.25, 0.3) is 11.5 Å². The number of benzene rings is 1. The predicted molar refractivity (Wildman–Crippen MR) is 98.7 cm³/mol. The standard InChI is InChI=1S/C17H17N3O4S2/c1-2-26(22,23)14-5-3-13(4-6-14)18-15(21)7-8-16-19-20-17(24-16)12-9-10-25-11-12/h3-6,9-11H,2,7-8H2,1H3,(H,18,21). The van der Waals surface area contributed by atoms with Crippen LogP contribution in [0.3, 0.4) is 0 Å². The van der Waals surface area contributed by atoms with Gasteiger partial charge < -0.3 is 9.73 Å². The molecule has 1 amide bonds. The SMILES string of the molecule is CCS(=O)(=O)c1ccc(NC(=O)CCc2nnc(-c3ccsc3)o2)cc1. The molecule has 7 nitrogen and oxygen atoms in total. The van der Waals surface area contributed by atoms with E-state index >= 15 is 0 Å². The maximum absolute atomic E-state index is 12.0. The first-order valence-electron chi connectivity index (χ1n) is 7.95. The molecule has 2 heterocycles. The van der Waals surface area contributed by atoms with Gasteiger partial charge in [0.25, 0.3) is 0 Å². The zero-order chi connectivity index (χ0) is 18.6. The second-order valence-electron chi connectivity index (χ2n) is 5.49. The minimum absolute atomic E-state index is 0.0380. The van der Waals surface area contributed by atoms with Gasteiger partial charge in [-0.25, -0.2) is 8.42 Å². The molecule has 136 valence electrons. The number of hydrogen-bond acceptors (Lipinski definition) is 7. The van der Waals surface area contributed by atoms with Gasteiger partial charge in [-0.05, 0) is 35.7 Å². The van der Waals surface area contributed by atoms with Crippen LogP contribution in [0.5, 0.6) is 0 Å². The van der Waals surface area contributed by atoms with E-state index in [1.54, 1.807) is 19.1 Å². The number of rotatable bonds is 7. The summed E-state index contributed by atoms with van der Waals surface area (Å²) in [4.78, 5) is 12.3. The van der Waals surface area contributed by atoms with Crippen LogP contribution in [-0.4, -0.2) is 30.3 Å². The molecule has 0 fully saturated rings. The number of carbonyl (C=O) groups excluding carboxylic acids is 1. The van der Waals surface area contributed by atoms with Crippen molar-refractivity contribution < 1.29 is 17.6 Å². The lowest BCUT2D eigenvalue weighted by molar-refractivity contribution is -0.116. The highest BCUT2D eigenvalue weighted by Gasteiger charge is 2.13. The van der Waals surface area contributed by atoms with E-state index in [1.807, 2.05) is 16.8 Å². The number of amides is 1. The molecule has 0 aliphatic heterocycles. The minimum Gasteiger partial charge on any atom is -0.421 e. The Kier molecular flexibility index (Phi) is 5.48. The van der Waals surface area contributed by atoms with Crippen LogP contribution in [0.1, 0.15) is 19.2 Å². The Morgan fingerprint density at radius 3 is 2.62 bits per heavy atom. The number of carbonyl (C=O) groups is 1. The quantitative estimate of drug-likeness (QED) is 0.664. The van der Waals surface area contributed by atoms with Crippen molar-refractivity contribution in [2.75, 3.05) is 11.1 Å². The molecule has 3 aromatic rings. The van der Waals surface area contributed by atoms with Crippen molar-refractivity contribution in [1.29, 1.82) is 0 Å². The number of aryl methyl sites for hydroxylation is 1. The molecule has 0 aliphatic carbocycles. The summed E-state index contributed by atoms with van der Waals surface area (Å²) < 4.78 is 29.1. The third-order valence-electron chi connectivity index (χ3n) is 3.68. The highest BCUT2D eigenvalue weighted by atomic mass is 32.2. The fraction of sp³-hybridized carbons (Fsp3) is 0.235. The molecule has 3 rings (SSSR count). The molecule has 9 heteroatoms. The third kappa shape index (κ3) is 4.36. The lowest BCUT2D eigenvalue weighted by atomic mass is 10.2. The molecule has 2 aromatic heterocycles. The van der Waals surface area contributed by atoms with Crippen LogP contribution in [0.2, 0.25) is 0 Å². The molecule has 0 saturated heterocycles. The summed E-state index contributed by atoms with van der Waals surface area (Å²) >= 11 is 1.54. The van der Waals surface area contributed by atoms with Crippen molar-refractivity contribution in [3.05, 3.63) is 47.0 Å². The summed E-state index contributed by atoms with van der Waals surface area (Å²) in [6.07, 6.45) is 0.506. The van der Waals surface area contributed by atoms with E-state index in [0.29, 0.717) is 23.9 Å². The van der Waals surface area contributed by atoms with E-state index in [-0.39, 0.29) is 23.0 Å². The number of sulfone groups is 1. The van der Waals surface area contributed by atoms with Crippen molar-refractivity contribution in [3.8, 4) is 11.5 Å². The van der Waals surface area contributed by atoms with Gasteiger partial charge in [0.2, 0.25) is 17.7 Å². The van der Waals surface area contributed by atoms with Gasteiger partial charge in [0.15, 0.2) is 9.84 Å². The van der Waals surface area contributed by atoms with Crippen molar-refractivity contribution in [2.45, 2.75) is 24.7 Å². The monoisotopic (exact) mass is 391 g/mol. The number of thiophene rings is 1. The molecular formula is C17H17N3O4S2. The molecule has 1 N–H and O–H groups in total. The molecule has 26 heavy (non-hydrogen) atoms. The highest BCUT2D eigenvalue weighted by Crippen LogP contribution is 2.21. The van der Waals surface area contributed by atoms with Gasteiger partial charge >= 0.3 is 0 Å². The Morgan fingerprint density at radius 1 is 1.19 bits per heavy atom. The van der Waals surface area contributed by atoms with E-state index < -0.39 is 9.84 Å². The molecule has 0 unspecified atom stereocenters. The van der Waals surface area contributed by atoms with Crippen LogP contribution < -0.4 is 5.32 Å². The van der Waals surface area contributed by atoms with Crippen LogP contribution >= 0.6 is 11.3 Å². The molecular weight excluding hydrogens is 374 g/mol. The first kappa shape index (κ1) is 18.3. The zero-order valence-electron chi connectivity index (χ0n) is 14.0. The van der Waals surface area contributed by atoms with Crippen molar-refractivity contribution >= 4 is 32.8 Å². The predicted octanol–water partition coefficient (Wildman–Crippen LogP) is 3.16. The normalized spacial score (nSPS) is 11.4. The maximum atomic E-state index is 12.0. The Morgan fingerprint density at radius 2 is 1.96 bits per heavy atom. The van der Waals surface area contributed by atoms with Gasteiger partial charge in [0, 0.05) is 29.5 Å². The van der Waals surface area contributed by atoms with E-state index in [0.717, 1.165) is 5.56 Å². The van der Waals surface area contributed by atoms with Gasteiger partial charge in [0.05, 0.1) is 10.6 Å². The molecule has 0 radical (unpaired) electrons. The number of nitrogens with one attached hydrogen (secondary N) is 1. The Hall–Kier alpha value is -2.52. The fourth-order valence-corrected chi connectivity index (χ4v) is 3.73.